The summed E-state index contributed by atoms with van der Waals surface area (Å²) in [4.78, 5) is 26.3. The van der Waals surface area contributed by atoms with Crippen molar-refractivity contribution < 1.29 is 19.1 Å². The largest absolute Gasteiger partial charge is 0.448 e. The number of urea groups is 1. The fourth-order valence-corrected chi connectivity index (χ4v) is 3.99. The number of likely N-dealkylation sites (N-methyl/N-ethyl adjacent to an activating group) is 1. The van der Waals surface area contributed by atoms with Gasteiger partial charge in [-0.05, 0) is 49.9 Å². The van der Waals surface area contributed by atoms with Crippen LogP contribution in [-0.4, -0.2) is 36.2 Å². The molecule has 1 fully saturated rings. The van der Waals surface area contributed by atoms with E-state index in [0.29, 0.717) is 17.2 Å². The average Bonchev–Trinajstić information content (AvgIpc) is 3.30. The summed E-state index contributed by atoms with van der Waals surface area (Å²) in [7, 11) is 1.58. The number of para-hydroxylation sites is 1. The van der Waals surface area contributed by atoms with E-state index in [1.54, 1.807) is 19.2 Å². The molecule has 2 aromatic carbocycles. The summed E-state index contributed by atoms with van der Waals surface area (Å²) in [6, 6.07) is 10.8. The van der Waals surface area contributed by atoms with E-state index in [1.807, 2.05) is 38.1 Å². The zero-order valence-electron chi connectivity index (χ0n) is 17.6. The van der Waals surface area contributed by atoms with Crippen LogP contribution in [0.15, 0.2) is 36.4 Å². The summed E-state index contributed by atoms with van der Waals surface area (Å²) >= 11 is 0. The minimum absolute atomic E-state index is 0.0622. The number of carbonyl (C=O) groups is 2. The van der Waals surface area contributed by atoms with Gasteiger partial charge in [0.05, 0.1) is 0 Å². The minimum Gasteiger partial charge on any atom is -0.448 e. The molecule has 0 unspecified atom stereocenters. The molecule has 0 saturated heterocycles. The Balaban J connectivity index is 1.35. The van der Waals surface area contributed by atoms with Crippen molar-refractivity contribution in [3.63, 3.8) is 0 Å². The zero-order valence-corrected chi connectivity index (χ0v) is 17.6. The smallest absolute Gasteiger partial charge is 0.322 e. The van der Waals surface area contributed by atoms with Crippen LogP contribution >= 0.6 is 0 Å². The number of hydrogen-bond donors (Lipinski definition) is 2. The Morgan fingerprint density at radius 2 is 1.67 bits per heavy atom. The molecule has 1 aliphatic carbocycles. The van der Waals surface area contributed by atoms with Crippen molar-refractivity contribution in [1.82, 2.24) is 4.90 Å². The van der Waals surface area contributed by atoms with Crippen molar-refractivity contribution in [2.45, 2.75) is 45.3 Å². The number of nitrogens with one attached hydrogen (secondary N) is 2. The second-order valence-electron chi connectivity index (χ2n) is 8.08. The van der Waals surface area contributed by atoms with Gasteiger partial charge in [0.2, 0.25) is 5.91 Å². The first-order chi connectivity index (χ1) is 14.3. The van der Waals surface area contributed by atoms with E-state index in [9.17, 15) is 9.59 Å². The predicted molar refractivity (Wildman–Crippen MR) is 115 cm³/mol. The lowest BCUT2D eigenvalue weighted by Gasteiger charge is -2.21. The van der Waals surface area contributed by atoms with Crippen LogP contribution in [0.25, 0.3) is 0 Å². The van der Waals surface area contributed by atoms with E-state index in [-0.39, 0.29) is 18.5 Å². The number of fused-ring (bicyclic) bond motifs is 1. The van der Waals surface area contributed by atoms with E-state index < -0.39 is 5.79 Å². The third-order valence-corrected chi connectivity index (χ3v) is 5.63. The third kappa shape index (κ3) is 4.06. The summed E-state index contributed by atoms with van der Waals surface area (Å²) in [6.45, 7) is 3.82. The number of hydrogen-bond acceptors (Lipinski definition) is 4. The molecule has 1 saturated carbocycles. The maximum Gasteiger partial charge on any atom is 0.322 e. The molecule has 7 heteroatoms. The summed E-state index contributed by atoms with van der Waals surface area (Å²) in [5, 5.41) is 5.71. The van der Waals surface area contributed by atoms with Gasteiger partial charge >= 0.3 is 6.03 Å². The Bertz CT molecular complexity index is 962. The van der Waals surface area contributed by atoms with Gasteiger partial charge < -0.3 is 25.0 Å². The molecule has 1 heterocycles. The molecule has 3 amide bonds. The van der Waals surface area contributed by atoms with Gasteiger partial charge in [0.25, 0.3) is 5.79 Å². The van der Waals surface area contributed by atoms with Gasteiger partial charge in [-0.2, -0.15) is 0 Å². The Morgan fingerprint density at radius 3 is 2.37 bits per heavy atom. The summed E-state index contributed by atoms with van der Waals surface area (Å²) < 4.78 is 12.0. The summed E-state index contributed by atoms with van der Waals surface area (Å²) in [5.74, 6) is 0.563. The first-order valence-electron chi connectivity index (χ1n) is 10.3. The van der Waals surface area contributed by atoms with E-state index in [2.05, 4.69) is 10.6 Å². The van der Waals surface area contributed by atoms with Crippen LogP contribution < -0.4 is 20.1 Å². The van der Waals surface area contributed by atoms with Crippen LogP contribution in [-0.2, 0) is 4.79 Å². The molecule has 4 rings (SSSR count). The van der Waals surface area contributed by atoms with Crippen molar-refractivity contribution in [2.24, 2.45) is 0 Å². The van der Waals surface area contributed by atoms with Gasteiger partial charge in [0.15, 0.2) is 11.5 Å². The molecule has 30 heavy (non-hydrogen) atoms. The van der Waals surface area contributed by atoms with Gasteiger partial charge in [-0.25, -0.2) is 4.79 Å². The van der Waals surface area contributed by atoms with Gasteiger partial charge in [0, 0.05) is 37.3 Å². The molecule has 1 aliphatic heterocycles. The van der Waals surface area contributed by atoms with Crippen molar-refractivity contribution in [1.29, 1.82) is 0 Å². The quantitative estimate of drug-likeness (QED) is 0.782. The number of benzene rings is 2. The minimum atomic E-state index is -0.534. The van der Waals surface area contributed by atoms with E-state index >= 15 is 0 Å². The molecular formula is C23H27N3O4. The van der Waals surface area contributed by atoms with Crippen LogP contribution in [0.1, 0.15) is 36.8 Å². The highest BCUT2D eigenvalue weighted by Gasteiger charge is 2.44. The predicted octanol–water partition coefficient (Wildman–Crippen LogP) is 4.45. The summed E-state index contributed by atoms with van der Waals surface area (Å²) in [5.41, 5.74) is 3.35. The van der Waals surface area contributed by atoms with Crippen molar-refractivity contribution in [3.8, 4) is 11.5 Å². The third-order valence-electron chi connectivity index (χ3n) is 5.63. The lowest BCUT2D eigenvalue weighted by molar-refractivity contribution is -0.116. The molecule has 2 aromatic rings. The Hall–Kier alpha value is -3.22. The molecule has 0 aromatic heterocycles. The lowest BCUT2D eigenvalue weighted by Crippen LogP contribution is -2.37. The lowest BCUT2D eigenvalue weighted by atomic mass is 10.1. The van der Waals surface area contributed by atoms with Crippen LogP contribution in [0.3, 0.4) is 0 Å². The van der Waals surface area contributed by atoms with Gasteiger partial charge in [-0.1, -0.05) is 18.2 Å². The Kier molecular flexibility index (Phi) is 5.28. The molecule has 1 spiro atoms. The topological polar surface area (TPSA) is 79.9 Å². The molecule has 158 valence electrons. The van der Waals surface area contributed by atoms with Crippen LogP contribution in [0, 0.1) is 13.8 Å². The monoisotopic (exact) mass is 409 g/mol. The van der Waals surface area contributed by atoms with Gasteiger partial charge in [-0.15, -0.1) is 0 Å². The number of nitrogens with zero attached hydrogens (tertiary/aromatic N) is 1. The van der Waals surface area contributed by atoms with Crippen molar-refractivity contribution in [3.05, 3.63) is 47.5 Å². The highest BCUT2D eigenvalue weighted by Crippen LogP contribution is 2.47. The maximum atomic E-state index is 12.5. The van der Waals surface area contributed by atoms with Crippen LogP contribution in [0.5, 0.6) is 11.5 Å². The van der Waals surface area contributed by atoms with E-state index in [4.69, 9.17) is 9.47 Å². The Labute approximate surface area is 176 Å². The van der Waals surface area contributed by atoms with Gasteiger partial charge in [0.1, 0.15) is 6.54 Å². The normalized spacial score (nSPS) is 15.8. The second-order valence-corrected chi connectivity index (χ2v) is 8.08. The molecular weight excluding hydrogens is 382 g/mol. The highest BCUT2D eigenvalue weighted by atomic mass is 16.7. The fraction of sp³-hybridized carbons (Fsp3) is 0.391. The van der Waals surface area contributed by atoms with Crippen molar-refractivity contribution >= 4 is 23.3 Å². The molecule has 0 bridgehead atoms. The van der Waals surface area contributed by atoms with Gasteiger partial charge in [-0.3, -0.25) is 4.79 Å². The average molecular weight is 409 g/mol. The second kappa shape index (κ2) is 7.89. The number of aryl methyl sites for hydroxylation is 2. The first-order valence-corrected chi connectivity index (χ1v) is 10.3. The van der Waals surface area contributed by atoms with Crippen molar-refractivity contribution in [2.75, 3.05) is 24.2 Å². The van der Waals surface area contributed by atoms with E-state index in [0.717, 1.165) is 42.5 Å². The van der Waals surface area contributed by atoms with E-state index in [1.165, 1.54) is 4.90 Å². The molecule has 0 atom stereocenters. The number of rotatable bonds is 4. The maximum absolute atomic E-state index is 12.5. The zero-order chi connectivity index (χ0) is 21.3. The number of amides is 3. The number of anilines is 2. The first kappa shape index (κ1) is 20.1. The molecule has 7 nitrogen and oxygen atoms in total. The standard InChI is InChI=1S/C23H27N3O4/c1-15-7-6-8-16(2)21(15)25-20(27)14-26(3)22(28)24-17-9-10-18-19(13-17)30-23(29-18)11-4-5-12-23/h6-10,13H,4-5,11-12,14H2,1-3H3,(H,24,28)(H,25,27). The summed E-state index contributed by atoms with van der Waals surface area (Å²) in [6.07, 6.45) is 3.93. The fourth-order valence-electron chi connectivity index (χ4n) is 3.99. The molecule has 2 N–H and O–H groups in total. The Morgan fingerprint density at radius 1 is 1.00 bits per heavy atom. The van der Waals surface area contributed by atoms with Crippen LogP contribution in [0.4, 0.5) is 16.2 Å². The SMILES string of the molecule is Cc1cccc(C)c1NC(=O)CN(C)C(=O)Nc1ccc2c(c1)OC1(CCCC1)O2. The highest BCUT2D eigenvalue weighted by molar-refractivity contribution is 5.97. The number of ether oxygens (including phenoxy) is 2. The number of carbonyl (C=O) groups excluding carboxylic acids is 2. The molecule has 0 radical (unpaired) electrons. The van der Waals surface area contributed by atoms with Crippen LogP contribution in [0.2, 0.25) is 0 Å². The molecule has 2 aliphatic rings.